The summed E-state index contributed by atoms with van der Waals surface area (Å²) in [6, 6.07) is 10.5. The van der Waals surface area contributed by atoms with E-state index in [1.165, 1.54) is 4.88 Å². The van der Waals surface area contributed by atoms with Gasteiger partial charge in [0.2, 0.25) is 6.79 Å². The Bertz CT molecular complexity index is 1120. The molecule has 2 aromatic heterocycles. The molecule has 2 aliphatic heterocycles. The van der Waals surface area contributed by atoms with E-state index in [9.17, 15) is 0 Å². The summed E-state index contributed by atoms with van der Waals surface area (Å²) in [4.78, 5) is 11.2. The van der Waals surface area contributed by atoms with Gasteiger partial charge in [0.25, 0.3) is 0 Å². The summed E-state index contributed by atoms with van der Waals surface area (Å²) < 4.78 is 11.0. The minimum atomic E-state index is 0.102. The molecule has 0 spiro atoms. The van der Waals surface area contributed by atoms with Crippen LogP contribution in [0.25, 0.3) is 11.1 Å². The first-order valence-electron chi connectivity index (χ1n) is 9.76. The molecule has 0 radical (unpaired) electrons. The van der Waals surface area contributed by atoms with Gasteiger partial charge in [-0.15, -0.1) is 17.3 Å². The maximum atomic E-state index is 5.66. The lowest BCUT2D eigenvalue weighted by Gasteiger charge is -2.24. The van der Waals surface area contributed by atoms with Gasteiger partial charge >= 0.3 is 0 Å². The number of nitrogens with one attached hydrogen (secondary N) is 2. The molecule has 0 amide bonds. The molecule has 4 heterocycles. The van der Waals surface area contributed by atoms with Crippen molar-refractivity contribution in [3.63, 3.8) is 0 Å². The zero-order valence-electron chi connectivity index (χ0n) is 16.5. The van der Waals surface area contributed by atoms with E-state index in [0.717, 1.165) is 33.8 Å². The van der Waals surface area contributed by atoms with E-state index >= 15 is 0 Å². The predicted molar refractivity (Wildman–Crippen MR) is 115 cm³/mol. The summed E-state index contributed by atoms with van der Waals surface area (Å²) in [6.07, 6.45) is 3.67. The van der Waals surface area contributed by atoms with Crippen LogP contribution in [0, 0.1) is 11.8 Å². The number of hydrogen-bond donors (Lipinski definition) is 2. The minimum absolute atomic E-state index is 0.102. The Morgan fingerprint density at radius 2 is 2.03 bits per heavy atom. The average Bonchev–Trinajstić information content (AvgIpc) is 3.38. The van der Waals surface area contributed by atoms with Crippen LogP contribution >= 0.6 is 11.3 Å². The monoisotopic (exact) mass is 419 g/mol. The smallest absolute Gasteiger partial charge is 0.231 e. The molecule has 152 valence electrons. The van der Waals surface area contributed by atoms with Gasteiger partial charge in [-0.25, -0.2) is 0 Å². The zero-order valence-corrected chi connectivity index (χ0v) is 17.3. The molecule has 5 rings (SSSR count). The van der Waals surface area contributed by atoms with Crippen molar-refractivity contribution in [3.8, 4) is 34.5 Å². The molecular formula is C23H21N3O3S. The van der Waals surface area contributed by atoms with Gasteiger partial charge in [-0.1, -0.05) is 12.0 Å². The number of rotatable bonds is 3. The second-order valence-corrected chi connectivity index (χ2v) is 8.05. The van der Waals surface area contributed by atoms with E-state index in [0.29, 0.717) is 13.3 Å². The molecule has 1 saturated heterocycles. The highest BCUT2D eigenvalue weighted by molar-refractivity contribution is 7.10. The molecule has 2 atom stereocenters. The molecule has 30 heavy (non-hydrogen) atoms. The van der Waals surface area contributed by atoms with Crippen LogP contribution in [0.1, 0.15) is 34.9 Å². The van der Waals surface area contributed by atoms with Crippen LogP contribution in [-0.4, -0.2) is 25.1 Å². The van der Waals surface area contributed by atoms with E-state index in [4.69, 9.17) is 14.3 Å². The Morgan fingerprint density at radius 3 is 2.97 bits per heavy atom. The van der Waals surface area contributed by atoms with Crippen LogP contribution in [0.15, 0.2) is 48.1 Å². The number of nitrogens with zero attached hydrogens (tertiary/aromatic N) is 1. The van der Waals surface area contributed by atoms with E-state index in [1.54, 1.807) is 17.5 Å². The van der Waals surface area contributed by atoms with Crippen LogP contribution in [0.5, 0.6) is 11.5 Å². The maximum absolute atomic E-state index is 5.66. The summed E-state index contributed by atoms with van der Waals surface area (Å²) in [6.45, 7) is 3.22. The quantitative estimate of drug-likeness (QED) is 0.630. The van der Waals surface area contributed by atoms with Crippen LogP contribution in [0.4, 0.5) is 0 Å². The molecule has 2 N–H and O–H groups in total. The predicted octanol–water partition coefficient (Wildman–Crippen LogP) is 3.82. The van der Waals surface area contributed by atoms with Crippen molar-refractivity contribution < 1.29 is 14.3 Å². The lowest BCUT2D eigenvalue weighted by molar-refractivity contribution is 0.0435. The Hall–Kier alpha value is -2.89. The van der Waals surface area contributed by atoms with Crippen molar-refractivity contribution in [1.82, 2.24) is 15.8 Å². The fourth-order valence-electron chi connectivity index (χ4n) is 3.80. The largest absolute Gasteiger partial charge is 0.454 e. The molecule has 0 bridgehead atoms. The van der Waals surface area contributed by atoms with E-state index in [2.05, 4.69) is 57.3 Å². The number of hydrogen-bond acceptors (Lipinski definition) is 7. The highest BCUT2D eigenvalue weighted by Gasteiger charge is 2.30. The first kappa shape index (κ1) is 19.1. The van der Waals surface area contributed by atoms with E-state index in [-0.39, 0.29) is 18.8 Å². The van der Waals surface area contributed by atoms with Crippen molar-refractivity contribution in [2.45, 2.75) is 18.9 Å². The Kier molecular flexibility index (Phi) is 5.39. The molecule has 0 aliphatic carbocycles. The van der Waals surface area contributed by atoms with Crippen molar-refractivity contribution >= 4 is 11.3 Å². The lowest BCUT2D eigenvalue weighted by atomic mass is 9.90. The van der Waals surface area contributed by atoms with Crippen molar-refractivity contribution in [2.75, 3.05) is 20.1 Å². The number of ether oxygens (including phenoxy) is 2. The molecule has 6 nitrogen and oxygen atoms in total. The second kappa shape index (κ2) is 8.46. The van der Waals surface area contributed by atoms with E-state index in [1.807, 2.05) is 19.2 Å². The summed E-state index contributed by atoms with van der Waals surface area (Å²) in [5.41, 5.74) is 7.26. The molecule has 7 heteroatoms. The minimum Gasteiger partial charge on any atom is -0.454 e. The van der Waals surface area contributed by atoms with Crippen LogP contribution < -0.4 is 20.3 Å². The number of fused-ring (bicyclic) bond motifs is 1. The Balaban J connectivity index is 1.47. The standard InChI is InChI=1S/C23H21N3O3S/c1-2-3-15-6-17(10-24-9-15)18-8-22(30-12-18)23-19(11-29-26-13-25-23)16-4-5-20-21(7-16)28-14-27-20/h4-10,12,19,23,25-26H,11,13-14H2,1H3/t19?,23-/m0/s1. The van der Waals surface area contributed by atoms with Gasteiger partial charge in [-0.05, 0) is 47.7 Å². The van der Waals surface area contributed by atoms with E-state index < -0.39 is 0 Å². The molecule has 3 aromatic rings. The first-order valence-corrected chi connectivity index (χ1v) is 10.6. The molecule has 2 aliphatic rings. The molecule has 1 fully saturated rings. The molecular weight excluding hydrogens is 398 g/mol. The third-order valence-corrected chi connectivity index (χ3v) is 6.27. The number of pyridine rings is 1. The third kappa shape index (κ3) is 3.78. The maximum Gasteiger partial charge on any atom is 0.231 e. The average molecular weight is 420 g/mol. The summed E-state index contributed by atoms with van der Waals surface area (Å²) in [7, 11) is 0. The molecule has 1 unspecified atom stereocenters. The molecule has 1 aromatic carbocycles. The van der Waals surface area contributed by atoms with Gasteiger partial charge in [-0.2, -0.15) is 5.48 Å². The topological polar surface area (TPSA) is 64.6 Å². The fraction of sp³-hybridized carbons (Fsp3) is 0.261. The van der Waals surface area contributed by atoms with Crippen molar-refractivity contribution in [3.05, 3.63) is 64.1 Å². The van der Waals surface area contributed by atoms with Gasteiger partial charge in [0.15, 0.2) is 11.5 Å². The SMILES string of the molecule is CC#Cc1cncc(-c2csc([C@H]3NCNOCC3c3ccc4c(c3)OCO4)c2)c1. The Morgan fingerprint density at radius 1 is 1.10 bits per heavy atom. The van der Waals surface area contributed by atoms with Crippen molar-refractivity contribution in [2.24, 2.45) is 0 Å². The van der Waals surface area contributed by atoms with Gasteiger partial charge in [0.1, 0.15) is 0 Å². The number of hydroxylamine groups is 1. The number of thiophene rings is 1. The third-order valence-electron chi connectivity index (χ3n) is 5.25. The highest BCUT2D eigenvalue weighted by atomic mass is 32.1. The molecule has 0 saturated carbocycles. The summed E-state index contributed by atoms with van der Waals surface area (Å²) in [5, 5.41) is 5.75. The number of benzene rings is 1. The van der Waals surface area contributed by atoms with Gasteiger partial charge < -0.3 is 9.47 Å². The first-order chi connectivity index (χ1) is 14.8. The summed E-state index contributed by atoms with van der Waals surface area (Å²) >= 11 is 1.74. The van der Waals surface area contributed by atoms with Gasteiger partial charge in [0, 0.05) is 34.3 Å². The van der Waals surface area contributed by atoms with Crippen LogP contribution in [0.3, 0.4) is 0 Å². The van der Waals surface area contributed by atoms with Crippen LogP contribution in [0.2, 0.25) is 0 Å². The van der Waals surface area contributed by atoms with Crippen LogP contribution in [-0.2, 0) is 4.84 Å². The van der Waals surface area contributed by atoms with Gasteiger partial charge in [0.05, 0.1) is 19.3 Å². The lowest BCUT2D eigenvalue weighted by Crippen LogP contribution is -2.29. The number of aromatic nitrogens is 1. The zero-order chi connectivity index (χ0) is 20.3. The van der Waals surface area contributed by atoms with Crippen molar-refractivity contribution in [1.29, 1.82) is 0 Å². The second-order valence-electron chi connectivity index (χ2n) is 7.11. The summed E-state index contributed by atoms with van der Waals surface area (Å²) in [5.74, 6) is 7.71. The normalized spacial score (nSPS) is 20.3. The van der Waals surface area contributed by atoms with Gasteiger partial charge in [-0.3, -0.25) is 15.1 Å². The Labute approximate surface area is 179 Å². The fourth-order valence-corrected chi connectivity index (χ4v) is 4.86. The highest BCUT2D eigenvalue weighted by Crippen LogP contribution is 2.41.